The molecule has 0 aliphatic heterocycles. The van der Waals surface area contributed by atoms with Crippen molar-refractivity contribution in [2.75, 3.05) is 7.11 Å². The normalized spacial score (nSPS) is 9.38. The van der Waals surface area contributed by atoms with Crippen LogP contribution < -0.4 is 4.74 Å². The maximum Gasteiger partial charge on any atom is 0.165 e. The maximum atomic E-state index is 13.4. The van der Waals surface area contributed by atoms with Gasteiger partial charge in [-0.2, -0.15) is 0 Å². The van der Waals surface area contributed by atoms with Crippen LogP contribution in [0.2, 0.25) is 0 Å². The molecule has 0 amide bonds. The van der Waals surface area contributed by atoms with Crippen molar-refractivity contribution in [1.29, 1.82) is 0 Å². The van der Waals surface area contributed by atoms with Gasteiger partial charge in [-0.15, -0.1) is 0 Å². The summed E-state index contributed by atoms with van der Waals surface area (Å²) in [5.74, 6) is -0.0598. The molecule has 0 aliphatic rings. The van der Waals surface area contributed by atoms with Crippen molar-refractivity contribution in [3.8, 4) is 5.75 Å². The fourth-order valence-electron chi connectivity index (χ4n) is 2.26. The number of hydrogen-bond donors (Lipinski definition) is 0. The summed E-state index contributed by atoms with van der Waals surface area (Å²) in [5.41, 5.74) is 2.91. The SMILES string of the molecule is CC.COc1cc(C)c(CCCC(C)=O)cc1F.Cc1cccc(F)c1. The van der Waals surface area contributed by atoms with E-state index in [9.17, 15) is 13.6 Å². The maximum absolute atomic E-state index is 13.4. The lowest BCUT2D eigenvalue weighted by Gasteiger charge is -2.08. The van der Waals surface area contributed by atoms with Crippen LogP contribution in [-0.4, -0.2) is 12.9 Å². The van der Waals surface area contributed by atoms with Crippen LogP contribution in [-0.2, 0) is 11.2 Å². The van der Waals surface area contributed by atoms with E-state index in [-0.39, 0.29) is 23.2 Å². The summed E-state index contributed by atoms with van der Waals surface area (Å²) >= 11 is 0. The van der Waals surface area contributed by atoms with Crippen molar-refractivity contribution in [3.63, 3.8) is 0 Å². The molecular formula is C22H30F2O2. The van der Waals surface area contributed by atoms with Crippen LogP contribution in [0.15, 0.2) is 36.4 Å². The minimum absolute atomic E-state index is 0.162. The van der Waals surface area contributed by atoms with Crippen molar-refractivity contribution in [1.82, 2.24) is 0 Å². The average molecular weight is 364 g/mol. The van der Waals surface area contributed by atoms with Gasteiger partial charge in [-0.3, -0.25) is 0 Å². The summed E-state index contributed by atoms with van der Waals surface area (Å²) in [6.07, 6.45) is 2.04. The summed E-state index contributed by atoms with van der Waals surface area (Å²) in [5, 5.41) is 0. The molecule has 0 aliphatic carbocycles. The zero-order valence-corrected chi connectivity index (χ0v) is 16.7. The predicted octanol–water partition coefficient (Wildman–Crippen LogP) is 6.21. The van der Waals surface area contributed by atoms with Gasteiger partial charge in [0.05, 0.1) is 7.11 Å². The van der Waals surface area contributed by atoms with E-state index in [1.165, 1.54) is 25.3 Å². The van der Waals surface area contributed by atoms with E-state index in [0.29, 0.717) is 6.42 Å². The molecule has 0 aromatic heterocycles. The lowest BCUT2D eigenvalue weighted by Crippen LogP contribution is -1.97. The van der Waals surface area contributed by atoms with E-state index in [1.807, 2.05) is 33.8 Å². The third-order valence-electron chi connectivity index (χ3n) is 3.57. The van der Waals surface area contributed by atoms with Crippen LogP contribution in [0.3, 0.4) is 0 Å². The highest BCUT2D eigenvalue weighted by atomic mass is 19.1. The number of carbonyl (C=O) groups is 1. The molecule has 0 N–H and O–H groups in total. The van der Waals surface area contributed by atoms with Gasteiger partial charge in [0.25, 0.3) is 0 Å². The molecule has 0 unspecified atom stereocenters. The minimum atomic E-state index is -0.342. The van der Waals surface area contributed by atoms with Gasteiger partial charge in [0, 0.05) is 6.42 Å². The topological polar surface area (TPSA) is 26.3 Å². The molecule has 0 spiro atoms. The number of ether oxygens (including phenoxy) is 1. The molecule has 26 heavy (non-hydrogen) atoms. The Bertz CT molecular complexity index is 665. The molecular weight excluding hydrogens is 334 g/mol. The number of methoxy groups -OCH3 is 1. The highest BCUT2D eigenvalue weighted by molar-refractivity contribution is 5.75. The third-order valence-corrected chi connectivity index (χ3v) is 3.57. The fraction of sp³-hybridized carbons (Fsp3) is 0.409. The van der Waals surface area contributed by atoms with Crippen LogP contribution in [0, 0.1) is 25.5 Å². The molecule has 0 saturated carbocycles. The zero-order valence-electron chi connectivity index (χ0n) is 16.7. The van der Waals surface area contributed by atoms with E-state index in [4.69, 9.17) is 4.74 Å². The Labute approximate surface area is 156 Å². The van der Waals surface area contributed by atoms with Crippen molar-refractivity contribution in [2.24, 2.45) is 0 Å². The Morgan fingerprint density at radius 1 is 1.08 bits per heavy atom. The Balaban J connectivity index is 0.000000522. The lowest BCUT2D eigenvalue weighted by molar-refractivity contribution is -0.117. The van der Waals surface area contributed by atoms with E-state index in [1.54, 1.807) is 19.1 Å². The summed E-state index contributed by atoms with van der Waals surface area (Å²) in [7, 11) is 1.45. The van der Waals surface area contributed by atoms with Gasteiger partial charge in [-0.1, -0.05) is 26.0 Å². The molecule has 144 valence electrons. The van der Waals surface area contributed by atoms with Gasteiger partial charge in [-0.25, -0.2) is 8.78 Å². The first-order valence-corrected chi connectivity index (χ1v) is 8.88. The molecule has 0 radical (unpaired) electrons. The number of ketones is 1. The first-order chi connectivity index (χ1) is 12.3. The van der Waals surface area contributed by atoms with E-state index >= 15 is 0 Å². The van der Waals surface area contributed by atoms with Gasteiger partial charge in [0.15, 0.2) is 11.6 Å². The second-order valence-corrected chi connectivity index (χ2v) is 5.77. The zero-order chi connectivity index (χ0) is 20.1. The van der Waals surface area contributed by atoms with E-state index in [2.05, 4.69) is 0 Å². The molecule has 0 atom stereocenters. The Kier molecular flexibility index (Phi) is 11.9. The second-order valence-electron chi connectivity index (χ2n) is 5.77. The molecule has 2 aromatic rings. The minimum Gasteiger partial charge on any atom is -0.494 e. The predicted molar refractivity (Wildman–Crippen MR) is 104 cm³/mol. The van der Waals surface area contributed by atoms with Crippen LogP contribution in [0.25, 0.3) is 0 Å². The Hall–Kier alpha value is -2.23. The van der Waals surface area contributed by atoms with Gasteiger partial charge < -0.3 is 9.53 Å². The molecule has 2 rings (SSSR count). The van der Waals surface area contributed by atoms with Gasteiger partial charge in [0.2, 0.25) is 0 Å². The highest BCUT2D eigenvalue weighted by Crippen LogP contribution is 2.22. The summed E-state index contributed by atoms with van der Waals surface area (Å²) < 4.78 is 30.5. The lowest BCUT2D eigenvalue weighted by atomic mass is 10.0. The van der Waals surface area contributed by atoms with Crippen molar-refractivity contribution in [2.45, 2.75) is 53.9 Å². The first kappa shape index (κ1) is 23.8. The second kappa shape index (κ2) is 13.0. The smallest absolute Gasteiger partial charge is 0.165 e. The summed E-state index contributed by atoms with van der Waals surface area (Å²) in [6.45, 7) is 9.36. The van der Waals surface area contributed by atoms with Crippen LogP contribution in [0.5, 0.6) is 5.75 Å². The van der Waals surface area contributed by atoms with Gasteiger partial charge in [-0.05, 0) is 74.6 Å². The Morgan fingerprint density at radius 3 is 2.19 bits per heavy atom. The van der Waals surface area contributed by atoms with Crippen molar-refractivity contribution >= 4 is 5.78 Å². The van der Waals surface area contributed by atoms with Crippen molar-refractivity contribution in [3.05, 3.63) is 64.7 Å². The quantitative estimate of drug-likeness (QED) is 0.630. The third kappa shape index (κ3) is 9.30. The van der Waals surface area contributed by atoms with Crippen LogP contribution >= 0.6 is 0 Å². The fourth-order valence-corrected chi connectivity index (χ4v) is 2.26. The van der Waals surface area contributed by atoms with E-state index in [0.717, 1.165) is 29.5 Å². The molecule has 0 bridgehead atoms. The standard InChI is InChI=1S/C13H17FO2.C7H7F.C2H6/c1-9-7-13(16-3)12(14)8-11(9)6-4-5-10(2)15;1-6-3-2-4-7(8)5-6;1-2/h7-8H,4-6H2,1-3H3;2-5H,1H3;1-2H3. The number of hydrogen-bond acceptors (Lipinski definition) is 2. The number of Topliss-reactive ketones (excluding diaryl/α,β-unsaturated/α-hetero) is 1. The first-order valence-electron chi connectivity index (χ1n) is 8.88. The number of aryl methyl sites for hydroxylation is 3. The number of rotatable bonds is 5. The molecule has 0 heterocycles. The van der Waals surface area contributed by atoms with Crippen LogP contribution in [0.1, 0.15) is 50.3 Å². The number of halogens is 2. The molecule has 4 heteroatoms. The monoisotopic (exact) mass is 364 g/mol. The highest BCUT2D eigenvalue weighted by Gasteiger charge is 2.07. The number of benzene rings is 2. The van der Waals surface area contributed by atoms with Gasteiger partial charge >= 0.3 is 0 Å². The van der Waals surface area contributed by atoms with Crippen molar-refractivity contribution < 1.29 is 18.3 Å². The van der Waals surface area contributed by atoms with E-state index < -0.39 is 0 Å². The molecule has 2 aromatic carbocycles. The van der Waals surface area contributed by atoms with Gasteiger partial charge in [0.1, 0.15) is 11.6 Å². The van der Waals surface area contributed by atoms with Crippen LogP contribution in [0.4, 0.5) is 8.78 Å². The molecule has 0 saturated heterocycles. The molecule has 0 fully saturated rings. The largest absolute Gasteiger partial charge is 0.494 e. The number of carbonyl (C=O) groups excluding carboxylic acids is 1. The summed E-state index contributed by atoms with van der Waals surface area (Å²) in [6, 6.07) is 9.69. The average Bonchev–Trinajstić information content (AvgIpc) is 2.59. The summed E-state index contributed by atoms with van der Waals surface area (Å²) in [4.78, 5) is 10.8. The Morgan fingerprint density at radius 2 is 1.73 bits per heavy atom. The molecule has 2 nitrogen and oxygen atoms in total.